The van der Waals surface area contributed by atoms with Crippen LogP contribution in [-0.2, 0) is 6.54 Å². The van der Waals surface area contributed by atoms with E-state index in [1.807, 2.05) is 19.2 Å². The van der Waals surface area contributed by atoms with Crippen LogP contribution in [0.5, 0.6) is 5.75 Å². The average Bonchev–Trinajstić information content (AvgIpc) is 2.46. The predicted octanol–water partition coefficient (Wildman–Crippen LogP) is 1.31. The van der Waals surface area contributed by atoms with Crippen molar-refractivity contribution in [3.05, 3.63) is 29.8 Å². The predicted molar refractivity (Wildman–Crippen MR) is 84.4 cm³/mol. The fourth-order valence-corrected chi connectivity index (χ4v) is 1.74. The zero-order valence-electron chi connectivity index (χ0n) is 12.9. The van der Waals surface area contributed by atoms with E-state index in [0.717, 1.165) is 37.8 Å². The molecule has 0 aliphatic rings. The normalized spacial score (nSPS) is 11.6. The summed E-state index contributed by atoms with van der Waals surface area (Å²) in [5, 5.41) is 6.20. The van der Waals surface area contributed by atoms with E-state index in [9.17, 15) is 0 Å². The maximum absolute atomic E-state index is 5.70. The Morgan fingerprint density at radius 1 is 1.25 bits per heavy atom. The van der Waals surface area contributed by atoms with Gasteiger partial charge >= 0.3 is 0 Å². The number of benzene rings is 1. The summed E-state index contributed by atoms with van der Waals surface area (Å²) in [6, 6.07) is 8.15. The summed E-state index contributed by atoms with van der Waals surface area (Å²) in [5.74, 6) is 1.71. The Kier molecular flexibility index (Phi) is 7.50. The first kappa shape index (κ1) is 16.3. The van der Waals surface area contributed by atoms with Gasteiger partial charge in [0.05, 0.1) is 6.61 Å². The number of hydrogen-bond acceptors (Lipinski definition) is 3. The number of nitrogens with zero attached hydrogens (tertiary/aromatic N) is 2. The second-order valence-corrected chi connectivity index (χ2v) is 4.83. The van der Waals surface area contributed by atoms with Crippen molar-refractivity contribution >= 4 is 5.96 Å². The van der Waals surface area contributed by atoms with Gasteiger partial charge in [-0.2, -0.15) is 0 Å². The average molecular weight is 278 g/mol. The van der Waals surface area contributed by atoms with Gasteiger partial charge in [0.15, 0.2) is 5.96 Å². The molecule has 0 heterocycles. The molecule has 1 rings (SSSR count). The van der Waals surface area contributed by atoms with E-state index in [4.69, 9.17) is 4.74 Å². The zero-order valence-corrected chi connectivity index (χ0v) is 12.9. The van der Waals surface area contributed by atoms with Gasteiger partial charge in [-0.3, -0.25) is 4.99 Å². The van der Waals surface area contributed by atoms with E-state index in [1.165, 1.54) is 5.56 Å². The molecule has 0 aliphatic heterocycles. The Bertz CT molecular complexity index is 401. The molecule has 0 aromatic heterocycles. The second kappa shape index (κ2) is 9.20. The molecule has 0 bridgehead atoms. The minimum Gasteiger partial charge on any atom is -0.494 e. The zero-order chi connectivity index (χ0) is 14.8. The van der Waals surface area contributed by atoms with Crippen LogP contribution in [0.25, 0.3) is 0 Å². The summed E-state index contributed by atoms with van der Waals surface area (Å²) in [7, 11) is 7.74. The van der Waals surface area contributed by atoms with Gasteiger partial charge in [-0.1, -0.05) is 12.1 Å². The lowest BCUT2D eigenvalue weighted by atomic mass is 10.2. The monoisotopic (exact) mass is 278 g/mol. The van der Waals surface area contributed by atoms with Crippen molar-refractivity contribution in [3.63, 3.8) is 0 Å². The lowest BCUT2D eigenvalue weighted by molar-refractivity contribution is 0.281. The van der Waals surface area contributed by atoms with Gasteiger partial charge in [-0.25, -0.2) is 0 Å². The Hall–Kier alpha value is -1.75. The Morgan fingerprint density at radius 3 is 2.50 bits per heavy atom. The van der Waals surface area contributed by atoms with E-state index in [-0.39, 0.29) is 0 Å². The van der Waals surface area contributed by atoms with Crippen molar-refractivity contribution < 1.29 is 4.74 Å². The minimum atomic E-state index is 0.744. The molecule has 0 spiro atoms. The maximum atomic E-state index is 5.70. The van der Waals surface area contributed by atoms with Crippen LogP contribution >= 0.6 is 0 Å². The van der Waals surface area contributed by atoms with Gasteiger partial charge in [0, 0.05) is 27.2 Å². The topological polar surface area (TPSA) is 48.9 Å². The van der Waals surface area contributed by atoms with E-state index >= 15 is 0 Å². The van der Waals surface area contributed by atoms with Gasteiger partial charge < -0.3 is 20.3 Å². The molecule has 0 radical (unpaired) electrons. The van der Waals surface area contributed by atoms with Gasteiger partial charge in [0.25, 0.3) is 0 Å². The highest BCUT2D eigenvalue weighted by molar-refractivity contribution is 5.79. The van der Waals surface area contributed by atoms with Crippen LogP contribution < -0.4 is 15.4 Å². The standard InChI is InChI=1S/C15H26N4O/c1-16-15(17-2)18-12-13-6-8-14(9-7-13)20-11-5-10-19(3)4/h6-9H,5,10-12H2,1-4H3,(H2,16,17,18). The molecule has 0 saturated carbocycles. The first-order valence-corrected chi connectivity index (χ1v) is 6.90. The molecule has 2 N–H and O–H groups in total. The molecule has 0 fully saturated rings. The van der Waals surface area contributed by atoms with E-state index in [0.29, 0.717) is 0 Å². The molecule has 0 aliphatic carbocycles. The lowest BCUT2D eigenvalue weighted by Crippen LogP contribution is -2.34. The molecule has 0 amide bonds. The summed E-state index contributed by atoms with van der Waals surface area (Å²) in [4.78, 5) is 6.23. The number of aliphatic imine (C=N–C) groups is 1. The van der Waals surface area contributed by atoms with Crippen LogP contribution in [-0.4, -0.2) is 52.2 Å². The van der Waals surface area contributed by atoms with Crippen LogP contribution in [0.4, 0.5) is 0 Å². The van der Waals surface area contributed by atoms with Gasteiger partial charge in [-0.05, 0) is 38.2 Å². The number of guanidine groups is 1. The Balaban J connectivity index is 2.33. The molecule has 20 heavy (non-hydrogen) atoms. The van der Waals surface area contributed by atoms with Crippen LogP contribution in [0.15, 0.2) is 29.3 Å². The minimum absolute atomic E-state index is 0.744. The van der Waals surface area contributed by atoms with E-state index < -0.39 is 0 Å². The number of ether oxygens (including phenoxy) is 1. The number of nitrogens with one attached hydrogen (secondary N) is 2. The summed E-state index contributed by atoms with van der Waals surface area (Å²) in [5.41, 5.74) is 1.20. The fraction of sp³-hybridized carbons (Fsp3) is 0.533. The molecule has 0 unspecified atom stereocenters. The Labute approximate surface area is 122 Å². The van der Waals surface area contributed by atoms with Crippen molar-refractivity contribution in [3.8, 4) is 5.75 Å². The van der Waals surface area contributed by atoms with E-state index in [1.54, 1.807) is 7.05 Å². The van der Waals surface area contributed by atoms with Crippen LogP contribution in [0.1, 0.15) is 12.0 Å². The third kappa shape index (κ3) is 6.43. The summed E-state index contributed by atoms with van der Waals surface area (Å²) < 4.78 is 5.70. The molecule has 0 saturated heterocycles. The largest absolute Gasteiger partial charge is 0.494 e. The molecular weight excluding hydrogens is 252 g/mol. The highest BCUT2D eigenvalue weighted by Crippen LogP contribution is 2.12. The summed E-state index contributed by atoms with van der Waals surface area (Å²) in [6.45, 7) is 2.54. The van der Waals surface area contributed by atoms with Crippen molar-refractivity contribution in [1.29, 1.82) is 0 Å². The molecule has 5 heteroatoms. The van der Waals surface area contributed by atoms with Crippen molar-refractivity contribution in [2.24, 2.45) is 4.99 Å². The van der Waals surface area contributed by atoms with Crippen LogP contribution in [0, 0.1) is 0 Å². The molecule has 5 nitrogen and oxygen atoms in total. The molecule has 1 aromatic carbocycles. The summed E-state index contributed by atoms with van der Waals surface area (Å²) in [6.07, 6.45) is 1.04. The fourth-order valence-electron chi connectivity index (χ4n) is 1.74. The SMILES string of the molecule is CN=C(NC)NCc1ccc(OCCCN(C)C)cc1. The molecule has 112 valence electrons. The van der Waals surface area contributed by atoms with Gasteiger partial charge in [0.1, 0.15) is 5.75 Å². The highest BCUT2D eigenvalue weighted by Gasteiger charge is 1.98. The van der Waals surface area contributed by atoms with Crippen molar-refractivity contribution in [2.45, 2.75) is 13.0 Å². The van der Waals surface area contributed by atoms with Gasteiger partial charge in [-0.15, -0.1) is 0 Å². The first-order chi connectivity index (χ1) is 9.65. The van der Waals surface area contributed by atoms with Crippen LogP contribution in [0.3, 0.4) is 0 Å². The number of hydrogen-bond donors (Lipinski definition) is 2. The number of rotatable bonds is 7. The third-order valence-corrected chi connectivity index (χ3v) is 2.86. The molecule has 0 atom stereocenters. The highest BCUT2D eigenvalue weighted by atomic mass is 16.5. The van der Waals surface area contributed by atoms with Gasteiger partial charge in [0.2, 0.25) is 0 Å². The summed E-state index contributed by atoms with van der Waals surface area (Å²) >= 11 is 0. The van der Waals surface area contributed by atoms with Crippen molar-refractivity contribution in [1.82, 2.24) is 15.5 Å². The third-order valence-electron chi connectivity index (χ3n) is 2.86. The smallest absolute Gasteiger partial charge is 0.190 e. The Morgan fingerprint density at radius 2 is 1.95 bits per heavy atom. The van der Waals surface area contributed by atoms with Crippen molar-refractivity contribution in [2.75, 3.05) is 41.3 Å². The molecule has 1 aromatic rings. The second-order valence-electron chi connectivity index (χ2n) is 4.83. The molecular formula is C15H26N4O. The van der Waals surface area contributed by atoms with E-state index in [2.05, 4.69) is 46.8 Å². The maximum Gasteiger partial charge on any atom is 0.190 e. The quantitative estimate of drug-likeness (QED) is 0.448. The first-order valence-electron chi connectivity index (χ1n) is 6.90. The lowest BCUT2D eigenvalue weighted by Gasteiger charge is -2.11. The van der Waals surface area contributed by atoms with Crippen LogP contribution in [0.2, 0.25) is 0 Å².